The lowest BCUT2D eigenvalue weighted by molar-refractivity contribution is -0.0508. The molecule has 12 heteroatoms. The van der Waals surface area contributed by atoms with E-state index in [1.54, 1.807) is 35.5 Å². The molecule has 1 saturated heterocycles. The fraction of sp³-hybridized carbons (Fsp3) is 0.387. The Hall–Kier alpha value is -4.29. The number of pyridine rings is 2. The second kappa shape index (κ2) is 12.1. The summed E-state index contributed by atoms with van der Waals surface area (Å²) in [5, 5.41) is 3.74. The van der Waals surface area contributed by atoms with Crippen LogP contribution >= 0.6 is 0 Å². The molecule has 1 fully saturated rings. The molecule has 0 unspecified atom stereocenters. The van der Waals surface area contributed by atoms with Crippen LogP contribution < -0.4 is 14.8 Å². The number of alkyl halides is 2. The number of aromatic nitrogens is 3. The zero-order chi connectivity index (χ0) is 30.1. The molecule has 2 amide bonds. The van der Waals surface area contributed by atoms with Crippen molar-refractivity contribution in [3.63, 3.8) is 0 Å². The van der Waals surface area contributed by atoms with Crippen molar-refractivity contribution in [2.24, 2.45) is 0 Å². The number of piperazine rings is 1. The molecule has 10 nitrogen and oxygen atoms in total. The summed E-state index contributed by atoms with van der Waals surface area (Å²) in [6, 6.07) is 10.3. The van der Waals surface area contributed by atoms with Gasteiger partial charge in [-0.15, -0.1) is 0 Å². The van der Waals surface area contributed by atoms with Gasteiger partial charge in [0.05, 0.1) is 17.3 Å². The van der Waals surface area contributed by atoms with Crippen LogP contribution in [0.2, 0.25) is 0 Å². The Labute approximate surface area is 248 Å². The predicted molar refractivity (Wildman–Crippen MR) is 159 cm³/mol. The third kappa shape index (κ3) is 6.55. The maximum atomic E-state index is 13.4. The molecule has 0 aliphatic carbocycles. The highest BCUT2D eigenvalue weighted by Gasteiger charge is 2.28. The van der Waals surface area contributed by atoms with Crippen molar-refractivity contribution in [1.82, 2.24) is 29.7 Å². The normalized spacial score (nSPS) is 17.7. The number of urea groups is 1. The van der Waals surface area contributed by atoms with Crippen LogP contribution in [0, 0.1) is 6.92 Å². The lowest BCUT2D eigenvalue weighted by Crippen LogP contribution is -2.43. The molecule has 0 saturated carbocycles. The van der Waals surface area contributed by atoms with E-state index in [4.69, 9.17) is 9.47 Å². The van der Waals surface area contributed by atoms with Crippen LogP contribution in [-0.4, -0.2) is 82.1 Å². The van der Waals surface area contributed by atoms with Gasteiger partial charge in [0.1, 0.15) is 22.9 Å². The monoisotopic (exact) mass is 591 g/mol. The Kier molecular flexibility index (Phi) is 8.13. The third-order valence-electron chi connectivity index (χ3n) is 7.96. The lowest BCUT2D eigenvalue weighted by Gasteiger charge is -2.33. The average molecular weight is 592 g/mol. The number of carbonyl (C=O) groups excluding carboxylic acids is 1. The standard InChI is InChI=1S/C31H35F2N7O3/c1-19-16-40(18-22-13-24(15-35-28(19)22)42-26-6-7-34-29-25(26)12-20(2)36-29)31(41)37-23-5-4-21(27(14-23)43-30(32)33)17-39-10-8-38(3)9-11-39/h4-7,12-15,19,30H,8-11,16-18H2,1-3H3,(H,34,36)(H,37,41)/t19-/m1/s1. The molecule has 0 radical (unpaired) electrons. The number of anilines is 1. The van der Waals surface area contributed by atoms with Gasteiger partial charge in [0.25, 0.3) is 0 Å². The zero-order valence-electron chi connectivity index (χ0n) is 24.4. The van der Waals surface area contributed by atoms with Crippen LogP contribution in [0.5, 0.6) is 17.2 Å². The van der Waals surface area contributed by atoms with Gasteiger partial charge >= 0.3 is 12.6 Å². The van der Waals surface area contributed by atoms with Crippen LogP contribution in [0.3, 0.4) is 0 Å². The maximum Gasteiger partial charge on any atom is 0.387 e. The fourth-order valence-corrected chi connectivity index (χ4v) is 5.74. The number of hydrogen-bond acceptors (Lipinski definition) is 7. The number of amides is 2. The van der Waals surface area contributed by atoms with Gasteiger partial charge in [-0.3, -0.25) is 9.88 Å². The van der Waals surface area contributed by atoms with Crippen molar-refractivity contribution in [3.05, 3.63) is 71.3 Å². The SMILES string of the molecule is Cc1cc2c(Oc3cnc4c(c3)CN(C(=O)Nc3ccc(CN5CCN(C)CC5)c(OC(F)F)c3)C[C@H]4C)ccnc2[nH]1. The van der Waals surface area contributed by atoms with E-state index in [-0.39, 0.29) is 17.7 Å². The number of halogens is 2. The van der Waals surface area contributed by atoms with Gasteiger partial charge in [-0.2, -0.15) is 8.78 Å². The highest BCUT2D eigenvalue weighted by Crippen LogP contribution is 2.34. The molecule has 226 valence electrons. The first-order valence-electron chi connectivity index (χ1n) is 14.4. The quantitative estimate of drug-likeness (QED) is 0.290. The summed E-state index contributed by atoms with van der Waals surface area (Å²) in [4.78, 5) is 31.7. The number of likely N-dealkylation sites (N-methyl/N-ethyl adjacent to an activating group) is 1. The second-order valence-corrected chi connectivity index (χ2v) is 11.3. The molecular weight excluding hydrogens is 556 g/mol. The van der Waals surface area contributed by atoms with E-state index in [1.165, 1.54) is 6.07 Å². The predicted octanol–water partition coefficient (Wildman–Crippen LogP) is 5.56. The summed E-state index contributed by atoms with van der Waals surface area (Å²) in [6.45, 7) is 5.82. The molecule has 0 bridgehead atoms. The first kappa shape index (κ1) is 28.8. The Morgan fingerprint density at radius 2 is 1.93 bits per heavy atom. The number of benzene rings is 1. The molecule has 0 spiro atoms. The van der Waals surface area contributed by atoms with Crippen molar-refractivity contribution in [1.29, 1.82) is 0 Å². The Morgan fingerprint density at radius 3 is 2.72 bits per heavy atom. The van der Waals surface area contributed by atoms with Crippen LogP contribution in [0.15, 0.2) is 48.8 Å². The molecule has 3 aromatic heterocycles. The van der Waals surface area contributed by atoms with E-state index in [9.17, 15) is 13.6 Å². The molecule has 2 N–H and O–H groups in total. The van der Waals surface area contributed by atoms with Crippen LogP contribution in [0.25, 0.3) is 11.0 Å². The molecule has 5 heterocycles. The van der Waals surface area contributed by atoms with E-state index in [0.717, 1.165) is 54.2 Å². The van der Waals surface area contributed by atoms with Gasteiger partial charge in [0.2, 0.25) is 0 Å². The maximum absolute atomic E-state index is 13.4. The first-order valence-corrected chi connectivity index (χ1v) is 14.4. The molecule has 1 atom stereocenters. The number of H-pyrrole nitrogens is 1. The van der Waals surface area contributed by atoms with Gasteiger partial charge in [-0.1, -0.05) is 13.0 Å². The topological polar surface area (TPSA) is 98.8 Å². The number of nitrogens with one attached hydrogen (secondary N) is 2. The highest BCUT2D eigenvalue weighted by atomic mass is 19.3. The van der Waals surface area contributed by atoms with E-state index < -0.39 is 6.61 Å². The Morgan fingerprint density at radius 1 is 1.12 bits per heavy atom. The summed E-state index contributed by atoms with van der Waals surface area (Å²) in [5.74, 6) is 1.28. The second-order valence-electron chi connectivity index (χ2n) is 11.3. The number of aromatic amines is 1. The minimum Gasteiger partial charge on any atom is -0.455 e. The van der Waals surface area contributed by atoms with Crippen molar-refractivity contribution in [2.75, 3.05) is 45.1 Å². The summed E-state index contributed by atoms with van der Waals surface area (Å²) < 4.78 is 37.6. The number of carbonyl (C=O) groups is 1. The smallest absolute Gasteiger partial charge is 0.387 e. The number of rotatable bonds is 7. The van der Waals surface area contributed by atoms with E-state index in [2.05, 4.69) is 37.1 Å². The van der Waals surface area contributed by atoms with Crippen molar-refractivity contribution in [3.8, 4) is 17.2 Å². The Balaban J connectivity index is 1.16. The van der Waals surface area contributed by atoms with E-state index in [1.807, 2.05) is 26.0 Å². The van der Waals surface area contributed by atoms with Gasteiger partial charge in [-0.25, -0.2) is 9.78 Å². The number of fused-ring (bicyclic) bond motifs is 2. The summed E-state index contributed by atoms with van der Waals surface area (Å²) in [5.41, 5.74) is 4.56. The van der Waals surface area contributed by atoms with Crippen LogP contribution in [0.4, 0.5) is 19.3 Å². The largest absolute Gasteiger partial charge is 0.455 e. The number of hydrogen-bond donors (Lipinski definition) is 2. The van der Waals surface area contributed by atoms with E-state index >= 15 is 0 Å². The van der Waals surface area contributed by atoms with Crippen molar-refractivity contribution < 1.29 is 23.0 Å². The molecule has 43 heavy (non-hydrogen) atoms. The summed E-state index contributed by atoms with van der Waals surface area (Å²) >= 11 is 0. The van der Waals surface area contributed by atoms with Gasteiger partial charge in [0.15, 0.2) is 0 Å². The molecular formula is C31H35F2N7O3. The van der Waals surface area contributed by atoms with Gasteiger partial charge < -0.3 is 29.6 Å². The number of ether oxygens (including phenoxy) is 2. The Bertz CT molecular complexity index is 1620. The number of nitrogens with zero attached hydrogens (tertiary/aromatic N) is 5. The summed E-state index contributed by atoms with van der Waals surface area (Å²) in [6.07, 6.45) is 3.38. The van der Waals surface area contributed by atoms with Crippen molar-refractivity contribution >= 4 is 22.8 Å². The van der Waals surface area contributed by atoms with Gasteiger partial charge in [-0.05, 0) is 43.8 Å². The van der Waals surface area contributed by atoms with Crippen LogP contribution in [-0.2, 0) is 13.1 Å². The molecule has 1 aromatic carbocycles. The summed E-state index contributed by atoms with van der Waals surface area (Å²) in [7, 11) is 2.06. The highest BCUT2D eigenvalue weighted by molar-refractivity contribution is 5.90. The molecule has 6 rings (SSSR count). The molecule has 2 aliphatic rings. The number of aryl methyl sites for hydroxylation is 1. The zero-order valence-corrected chi connectivity index (χ0v) is 24.4. The minimum absolute atomic E-state index is 0.00722. The molecule has 2 aliphatic heterocycles. The average Bonchev–Trinajstić information content (AvgIpc) is 3.36. The lowest BCUT2D eigenvalue weighted by atomic mass is 9.96. The van der Waals surface area contributed by atoms with Crippen LogP contribution in [0.1, 0.15) is 35.4 Å². The minimum atomic E-state index is -2.97. The van der Waals surface area contributed by atoms with Gasteiger partial charge in [0, 0.05) is 80.9 Å². The molecule has 4 aromatic rings. The fourth-order valence-electron chi connectivity index (χ4n) is 5.74. The first-order chi connectivity index (χ1) is 20.7. The third-order valence-corrected chi connectivity index (χ3v) is 7.96. The van der Waals surface area contributed by atoms with E-state index in [0.29, 0.717) is 42.4 Å². The van der Waals surface area contributed by atoms with Crippen molar-refractivity contribution in [2.45, 2.75) is 39.5 Å².